The molecule has 0 aliphatic heterocycles. The number of hydrogen-bond donors (Lipinski definition) is 2. The van der Waals surface area contributed by atoms with Crippen LogP contribution in [0.4, 0.5) is 0 Å². The number of nitrogens with two attached hydrogens (primary N) is 1. The molecule has 21 heavy (non-hydrogen) atoms. The van der Waals surface area contributed by atoms with Crippen LogP contribution in [0, 0.1) is 12.8 Å². The number of hydrogen-bond acceptors (Lipinski definition) is 3. The standard InChI is InChI=1S/C17H26N2O2/c1-12-6-7-16(21-2)13(10-12)8-9-19-17(20)14-4-3-5-15(18)11-14/h6-7,10,14-15H,3-5,8-9,11,18H2,1-2H3,(H,19,20). The molecule has 2 atom stereocenters. The molecule has 116 valence electrons. The van der Waals surface area contributed by atoms with Gasteiger partial charge in [-0.15, -0.1) is 0 Å². The van der Waals surface area contributed by atoms with Crippen LogP contribution in [0.5, 0.6) is 5.75 Å². The Kier molecular flexibility index (Phi) is 5.62. The van der Waals surface area contributed by atoms with Gasteiger partial charge < -0.3 is 15.8 Å². The van der Waals surface area contributed by atoms with E-state index in [-0.39, 0.29) is 17.9 Å². The number of benzene rings is 1. The molecule has 1 aliphatic rings. The zero-order valence-corrected chi connectivity index (χ0v) is 13.0. The summed E-state index contributed by atoms with van der Waals surface area (Å²) in [5.41, 5.74) is 8.28. The third-order valence-electron chi connectivity index (χ3n) is 4.22. The molecule has 3 N–H and O–H groups in total. The van der Waals surface area contributed by atoms with Crippen molar-refractivity contribution < 1.29 is 9.53 Å². The Bertz CT molecular complexity index is 488. The monoisotopic (exact) mass is 290 g/mol. The number of aryl methyl sites for hydroxylation is 1. The normalized spacial score (nSPS) is 21.9. The molecule has 1 aromatic carbocycles. The quantitative estimate of drug-likeness (QED) is 0.873. The maximum absolute atomic E-state index is 12.2. The van der Waals surface area contributed by atoms with E-state index in [1.165, 1.54) is 5.56 Å². The average molecular weight is 290 g/mol. The van der Waals surface area contributed by atoms with Crippen LogP contribution in [0.15, 0.2) is 18.2 Å². The number of rotatable bonds is 5. The van der Waals surface area contributed by atoms with Crippen molar-refractivity contribution in [1.29, 1.82) is 0 Å². The summed E-state index contributed by atoms with van der Waals surface area (Å²) in [5, 5.41) is 3.04. The summed E-state index contributed by atoms with van der Waals surface area (Å²) in [7, 11) is 1.68. The van der Waals surface area contributed by atoms with Crippen molar-refractivity contribution in [2.45, 2.75) is 45.1 Å². The fraction of sp³-hybridized carbons (Fsp3) is 0.588. The second-order valence-corrected chi connectivity index (χ2v) is 5.98. The number of amides is 1. The van der Waals surface area contributed by atoms with E-state index in [9.17, 15) is 4.79 Å². The lowest BCUT2D eigenvalue weighted by molar-refractivity contribution is -0.126. The van der Waals surface area contributed by atoms with Crippen LogP contribution in [0.1, 0.15) is 36.8 Å². The van der Waals surface area contributed by atoms with Gasteiger partial charge in [-0.1, -0.05) is 24.1 Å². The Labute approximate surface area is 127 Å². The number of nitrogens with one attached hydrogen (secondary N) is 1. The van der Waals surface area contributed by atoms with Crippen molar-refractivity contribution in [3.63, 3.8) is 0 Å². The predicted molar refractivity (Wildman–Crippen MR) is 84.4 cm³/mol. The highest BCUT2D eigenvalue weighted by molar-refractivity contribution is 5.78. The van der Waals surface area contributed by atoms with Crippen LogP contribution in [-0.4, -0.2) is 25.6 Å². The lowest BCUT2D eigenvalue weighted by atomic mass is 9.85. The van der Waals surface area contributed by atoms with Gasteiger partial charge in [0.25, 0.3) is 0 Å². The summed E-state index contributed by atoms with van der Waals surface area (Å²) in [6.45, 7) is 2.70. The molecule has 0 radical (unpaired) electrons. The lowest BCUT2D eigenvalue weighted by Crippen LogP contribution is -2.38. The maximum Gasteiger partial charge on any atom is 0.223 e. The van der Waals surface area contributed by atoms with Gasteiger partial charge in [-0.3, -0.25) is 4.79 Å². The minimum Gasteiger partial charge on any atom is -0.496 e. The van der Waals surface area contributed by atoms with Crippen molar-refractivity contribution in [2.24, 2.45) is 11.7 Å². The molecule has 1 saturated carbocycles. The third kappa shape index (κ3) is 4.46. The van der Waals surface area contributed by atoms with E-state index in [4.69, 9.17) is 10.5 Å². The van der Waals surface area contributed by atoms with E-state index >= 15 is 0 Å². The van der Waals surface area contributed by atoms with Crippen LogP contribution >= 0.6 is 0 Å². The number of carbonyl (C=O) groups excluding carboxylic acids is 1. The molecule has 4 nitrogen and oxygen atoms in total. The van der Waals surface area contributed by atoms with Gasteiger partial charge in [0.05, 0.1) is 7.11 Å². The van der Waals surface area contributed by atoms with E-state index in [0.717, 1.165) is 43.4 Å². The van der Waals surface area contributed by atoms with Crippen LogP contribution in [0.25, 0.3) is 0 Å². The average Bonchev–Trinajstić information content (AvgIpc) is 2.47. The van der Waals surface area contributed by atoms with Crippen LogP contribution < -0.4 is 15.8 Å². The molecule has 0 bridgehead atoms. The molecule has 0 saturated heterocycles. The molecule has 0 heterocycles. The topological polar surface area (TPSA) is 64.3 Å². The molecule has 1 amide bonds. The number of methoxy groups -OCH3 is 1. The fourth-order valence-electron chi connectivity index (χ4n) is 3.03. The highest BCUT2D eigenvalue weighted by Crippen LogP contribution is 2.23. The Hall–Kier alpha value is -1.55. The van der Waals surface area contributed by atoms with Crippen molar-refractivity contribution >= 4 is 5.91 Å². The summed E-state index contributed by atoms with van der Waals surface area (Å²) < 4.78 is 5.36. The Morgan fingerprint density at radius 2 is 2.24 bits per heavy atom. The first-order valence-corrected chi connectivity index (χ1v) is 7.77. The summed E-state index contributed by atoms with van der Waals surface area (Å²) in [4.78, 5) is 12.2. The van der Waals surface area contributed by atoms with Gasteiger partial charge in [0.1, 0.15) is 5.75 Å². The van der Waals surface area contributed by atoms with Crippen molar-refractivity contribution in [2.75, 3.05) is 13.7 Å². The summed E-state index contributed by atoms with van der Waals surface area (Å²) in [6, 6.07) is 6.31. The van der Waals surface area contributed by atoms with Gasteiger partial charge in [-0.2, -0.15) is 0 Å². The predicted octanol–water partition coefficient (Wildman–Crippen LogP) is 2.18. The summed E-state index contributed by atoms with van der Waals surface area (Å²) in [6.07, 6.45) is 4.68. The van der Waals surface area contributed by atoms with Gasteiger partial charge >= 0.3 is 0 Å². The van der Waals surface area contributed by atoms with Gasteiger partial charge in [0.15, 0.2) is 0 Å². The highest BCUT2D eigenvalue weighted by Gasteiger charge is 2.24. The molecule has 0 aromatic heterocycles. The molecule has 1 aromatic rings. The van der Waals surface area contributed by atoms with E-state index in [2.05, 4.69) is 18.3 Å². The zero-order chi connectivity index (χ0) is 15.2. The van der Waals surface area contributed by atoms with Crippen LogP contribution in [-0.2, 0) is 11.2 Å². The zero-order valence-electron chi connectivity index (χ0n) is 13.0. The van der Waals surface area contributed by atoms with Gasteiger partial charge in [0.2, 0.25) is 5.91 Å². The van der Waals surface area contributed by atoms with E-state index in [1.807, 2.05) is 12.1 Å². The van der Waals surface area contributed by atoms with Crippen LogP contribution in [0.3, 0.4) is 0 Å². The molecular formula is C17H26N2O2. The van der Waals surface area contributed by atoms with Crippen molar-refractivity contribution in [3.8, 4) is 5.75 Å². The second-order valence-electron chi connectivity index (χ2n) is 5.98. The van der Waals surface area contributed by atoms with Crippen molar-refractivity contribution in [3.05, 3.63) is 29.3 Å². The highest BCUT2D eigenvalue weighted by atomic mass is 16.5. The third-order valence-corrected chi connectivity index (χ3v) is 4.22. The Balaban J connectivity index is 1.83. The maximum atomic E-state index is 12.2. The fourth-order valence-corrected chi connectivity index (χ4v) is 3.03. The summed E-state index contributed by atoms with van der Waals surface area (Å²) >= 11 is 0. The first kappa shape index (κ1) is 15.8. The van der Waals surface area contributed by atoms with Gasteiger partial charge in [-0.05, 0) is 44.2 Å². The minimum atomic E-state index is 0.0909. The SMILES string of the molecule is COc1ccc(C)cc1CCNC(=O)C1CCCC(N)C1. The Morgan fingerprint density at radius 1 is 1.43 bits per heavy atom. The largest absolute Gasteiger partial charge is 0.496 e. The molecular weight excluding hydrogens is 264 g/mol. The molecule has 2 unspecified atom stereocenters. The van der Waals surface area contributed by atoms with Gasteiger partial charge in [0, 0.05) is 18.5 Å². The first-order chi connectivity index (χ1) is 10.1. The number of ether oxygens (including phenoxy) is 1. The summed E-state index contributed by atoms with van der Waals surface area (Å²) in [5.74, 6) is 1.12. The molecule has 0 spiro atoms. The molecule has 4 heteroatoms. The van der Waals surface area contributed by atoms with E-state index in [1.54, 1.807) is 7.11 Å². The second kappa shape index (κ2) is 7.46. The van der Waals surface area contributed by atoms with E-state index < -0.39 is 0 Å². The number of carbonyl (C=O) groups is 1. The first-order valence-electron chi connectivity index (χ1n) is 7.77. The molecule has 1 fully saturated rings. The minimum absolute atomic E-state index is 0.0909. The van der Waals surface area contributed by atoms with Crippen LogP contribution in [0.2, 0.25) is 0 Å². The lowest BCUT2D eigenvalue weighted by Gasteiger charge is -2.25. The van der Waals surface area contributed by atoms with E-state index in [0.29, 0.717) is 6.54 Å². The molecule has 2 rings (SSSR count). The molecule has 1 aliphatic carbocycles. The van der Waals surface area contributed by atoms with Crippen molar-refractivity contribution in [1.82, 2.24) is 5.32 Å². The smallest absolute Gasteiger partial charge is 0.223 e. The van der Waals surface area contributed by atoms with Gasteiger partial charge in [-0.25, -0.2) is 0 Å². The Morgan fingerprint density at radius 3 is 2.95 bits per heavy atom.